The molecule has 0 saturated carbocycles. The monoisotopic (exact) mass is 352 g/mol. The molecule has 1 aromatic carbocycles. The van der Waals surface area contributed by atoms with Crippen LogP contribution in [0.25, 0.3) is 33.7 Å². The van der Waals surface area contributed by atoms with Crippen LogP contribution in [0.15, 0.2) is 44.3 Å². The van der Waals surface area contributed by atoms with Gasteiger partial charge in [0.1, 0.15) is 5.58 Å². The van der Waals surface area contributed by atoms with Crippen LogP contribution in [0.2, 0.25) is 0 Å². The van der Waals surface area contributed by atoms with Crippen LogP contribution in [0, 0.1) is 0 Å². The molecule has 0 fully saturated rings. The third kappa shape index (κ3) is 2.47. The van der Waals surface area contributed by atoms with Crippen molar-refractivity contribution < 1.29 is 4.42 Å². The Labute approximate surface area is 148 Å². The fourth-order valence-electron chi connectivity index (χ4n) is 3.23. The standard InChI is InChI=1S/C19H20N4O3/c1-3-9-22-17-15(18(24)23(10-4-2)19(22)25)20-16(21-17)14-11-12-7-5-6-8-13(12)26-14/h5-8,11H,3-4,9-10H2,1-2H3,(H,20,21). The lowest BCUT2D eigenvalue weighted by molar-refractivity contribution is 0.555. The van der Waals surface area contributed by atoms with Crippen LogP contribution in [0.1, 0.15) is 26.7 Å². The van der Waals surface area contributed by atoms with E-state index in [0.29, 0.717) is 42.3 Å². The highest BCUT2D eigenvalue weighted by atomic mass is 16.3. The van der Waals surface area contributed by atoms with E-state index >= 15 is 0 Å². The Morgan fingerprint density at radius 2 is 1.81 bits per heavy atom. The number of nitrogens with one attached hydrogen (secondary N) is 1. The molecule has 3 heterocycles. The van der Waals surface area contributed by atoms with Gasteiger partial charge in [0.15, 0.2) is 22.7 Å². The summed E-state index contributed by atoms with van der Waals surface area (Å²) in [4.78, 5) is 33.1. The molecule has 0 aliphatic carbocycles. The van der Waals surface area contributed by atoms with Gasteiger partial charge in [0.05, 0.1) is 0 Å². The van der Waals surface area contributed by atoms with Crippen molar-refractivity contribution in [3.63, 3.8) is 0 Å². The van der Waals surface area contributed by atoms with Crippen LogP contribution >= 0.6 is 0 Å². The molecule has 3 aromatic heterocycles. The lowest BCUT2D eigenvalue weighted by Gasteiger charge is -2.09. The van der Waals surface area contributed by atoms with Gasteiger partial charge in [-0.3, -0.25) is 13.9 Å². The summed E-state index contributed by atoms with van der Waals surface area (Å²) in [5.41, 5.74) is 0.812. The van der Waals surface area contributed by atoms with Crippen LogP contribution in [-0.4, -0.2) is 19.1 Å². The average Bonchev–Trinajstić information content (AvgIpc) is 3.26. The van der Waals surface area contributed by atoms with Crippen molar-refractivity contribution in [3.8, 4) is 11.6 Å². The summed E-state index contributed by atoms with van der Waals surface area (Å²) in [6.07, 6.45) is 1.48. The zero-order chi connectivity index (χ0) is 18.3. The number of hydrogen-bond donors (Lipinski definition) is 1. The quantitative estimate of drug-likeness (QED) is 0.598. The normalized spacial score (nSPS) is 11.6. The number of furan rings is 1. The summed E-state index contributed by atoms with van der Waals surface area (Å²) >= 11 is 0. The van der Waals surface area contributed by atoms with Gasteiger partial charge in [0.2, 0.25) is 0 Å². The van der Waals surface area contributed by atoms with E-state index in [1.807, 2.05) is 44.2 Å². The van der Waals surface area contributed by atoms with E-state index in [0.717, 1.165) is 17.4 Å². The summed E-state index contributed by atoms with van der Waals surface area (Å²) < 4.78 is 8.68. The Morgan fingerprint density at radius 3 is 2.54 bits per heavy atom. The molecule has 7 nitrogen and oxygen atoms in total. The number of para-hydroxylation sites is 1. The zero-order valence-corrected chi connectivity index (χ0v) is 14.8. The highest BCUT2D eigenvalue weighted by Crippen LogP contribution is 2.26. The van der Waals surface area contributed by atoms with Gasteiger partial charge < -0.3 is 9.40 Å². The van der Waals surface area contributed by atoms with Crippen molar-refractivity contribution >= 4 is 22.1 Å². The minimum absolute atomic E-state index is 0.311. The molecule has 4 aromatic rings. The number of aromatic amines is 1. The summed E-state index contributed by atoms with van der Waals surface area (Å²) in [5, 5.41) is 0.956. The van der Waals surface area contributed by atoms with Crippen LogP contribution < -0.4 is 11.2 Å². The molecule has 0 spiro atoms. The van der Waals surface area contributed by atoms with Crippen LogP contribution in [0.5, 0.6) is 0 Å². The van der Waals surface area contributed by atoms with Gasteiger partial charge >= 0.3 is 5.69 Å². The molecule has 134 valence electrons. The van der Waals surface area contributed by atoms with Gasteiger partial charge in [0.25, 0.3) is 5.56 Å². The highest BCUT2D eigenvalue weighted by molar-refractivity contribution is 5.83. The van der Waals surface area contributed by atoms with Gasteiger partial charge in [-0.05, 0) is 25.0 Å². The number of nitrogens with zero attached hydrogens (tertiary/aromatic N) is 3. The van der Waals surface area contributed by atoms with Crippen molar-refractivity contribution in [2.45, 2.75) is 39.8 Å². The van der Waals surface area contributed by atoms with Gasteiger partial charge in [-0.15, -0.1) is 0 Å². The Morgan fingerprint density at radius 1 is 1.08 bits per heavy atom. The second-order valence-electron chi connectivity index (χ2n) is 6.32. The Kier molecular flexibility index (Phi) is 3.99. The molecule has 0 amide bonds. The number of imidazole rings is 1. The number of benzene rings is 1. The second kappa shape index (κ2) is 6.33. The fraction of sp³-hybridized carbons (Fsp3) is 0.316. The Bertz CT molecular complexity index is 1180. The van der Waals surface area contributed by atoms with Gasteiger partial charge in [0, 0.05) is 18.5 Å². The molecule has 0 saturated heterocycles. The molecular weight excluding hydrogens is 332 g/mol. The van der Waals surface area contributed by atoms with Crippen LogP contribution in [0.4, 0.5) is 0 Å². The summed E-state index contributed by atoms with van der Waals surface area (Å²) in [6, 6.07) is 9.54. The van der Waals surface area contributed by atoms with E-state index in [9.17, 15) is 9.59 Å². The lowest BCUT2D eigenvalue weighted by Crippen LogP contribution is -2.40. The predicted octanol–water partition coefficient (Wildman–Crippen LogP) is 3.12. The maximum Gasteiger partial charge on any atom is 0.332 e. The number of H-pyrrole nitrogens is 1. The second-order valence-corrected chi connectivity index (χ2v) is 6.32. The molecule has 0 unspecified atom stereocenters. The molecule has 0 atom stereocenters. The average molecular weight is 352 g/mol. The van der Waals surface area contributed by atoms with E-state index < -0.39 is 0 Å². The first-order valence-electron chi connectivity index (χ1n) is 8.86. The maximum absolute atomic E-state index is 12.8. The van der Waals surface area contributed by atoms with Crippen LogP contribution in [-0.2, 0) is 13.1 Å². The van der Waals surface area contributed by atoms with E-state index in [1.165, 1.54) is 4.57 Å². The van der Waals surface area contributed by atoms with Gasteiger partial charge in [-0.2, -0.15) is 0 Å². The minimum Gasteiger partial charge on any atom is -0.453 e. The van der Waals surface area contributed by atoms with Gasteiger partial charge in [-0.25, -0.2) is 9.78 Å². The number of fused-ring (bicyclic) bond motifs is 2. The number of rotatable bonds is 5. The van der Waals surface area contributed by atoms with Crippen molar-refractivity contribution in [2.24, 2.45) is 0 Å². The van der Waals surface area contributed by atoms with E-state index in [1.54, 1.807) is 4.57 Å². The first-order valence-corrected chi connectivity index (χ1v) is 8.86. The third-order valence-electron chi connectivity index (χ3n) is 4.41. The number of aromatic nitrogens is 4. The maximum atomic E-state index is 12.8. The zero-order valence-electron chi connectivity index (χ0n) is 14.8. The molecule has 0 radical (unpaired) electrons. The SMILES string of the molecule is CCCn1c(=O)c2[nH]c(-c3cc4ccccc4o3)nc2n(CCC)c1=O. The third-order valence-corrected chi connectivity index (χ3v) is 4.41. The summed E-state index contributed by atoms with van der Waals surface area (Å²) in [6.45, 7) is 4.81. The van der Waals surface area contributed by atoms with Crippen molar-refractivity contribution in [1.29, 1.82) is 0 Å². The summed E-state index contributed by atoms with van der Waals surface area (Å²) in [5.74, 6) is 0.992. The highest BCUT2D eigenvalue weighted by Gasteiger charge is 2.18. The summed E-state index contributed by atoms with van der Waals surface area (Å²) in [7, 11) is 0. The van der Waals surface area contributed by atoms with Crippen molar-refractivity contribution in [1.82, 2.24) is 19.1 Å². The van der Waals surface area contributed by atoms with Gasteiger partial charge in [-0.1, -0.05) is 32.0 Å². The van der Waals surface area contributed by atoms with E-state index in [4.69, 9.17) is 4.42 Å². The topological polar surface area (TPSA) is 85.8 Å². The first-order chi connectivity index (χ1) is 12.6. The number of hydrogen-bond acceptors (Lipinski definition) is 4. The molecule has 4 rings (SSSR count). The van der Waals surface area contributed by atoms with E-state index in [-0.39, 0.29) is 11.2 Å². The molecule has 0 aliphatic rings. The van der Waals surface area contributed by atoms with E-state index in [2.05, 4.69) is 9.97 Å². The number of aryl methyl sites for hydroxylation is 1. The lowest BCUT2D eigenvalue weighted by atomic mass is 10.2. The fourth-order valence-corrected chi connectivity index (χ4v) is 3.23. The first kappa shape index (κ1) is 16.4. The minimum atomic E-state index is -0.339. The molecule has 1 N–H and O–H groups in total. The van der Waals surface area contributed by atoms with Crippen molar-refractivity contribution in [2.75, 3.05) is 0 Å². The van der Waals surface area contributed by atoms with Crippen LogP contribution in [0.3, 0.4) is 0 Å². The predicted molar refractivity (Wildman–Crippen MR) is 100 cm³/mol. The Balaban J connectivity index is 1.98. The molecule has 0 aliphatic heterocycles. The van der Waals surface area contributed by atoms with Crippen molar-refractivity contribution in [3.05, 3.63) is 51.2 Å². The largest absolute Gasteiger partial charge is 0.453 e. The molecule has 7 heteroatoms. The Hall–Kier alpha value is -3.09. The molecule has 0 bridgehead atoms. The smallest absolute Gasteiger partial charge is 0.332 e. The molecular formula is C19H20N4O3. The molecule has 26 heavy (non-hydrogen) atoms.